The molecule has 0 amide bonds. The van der Waals surface area contributed by atoms with E-state index in [1.165, 1.54) is 22.7 Å². The third-order valence-electron chi connectivity index (χ3n) is 2.84. The Hall–Kier alpha value is -1.48. The minimum atomic E-state index is -3.54. The van der Waals surface area contributed by atoms with Crippen LogP contribution in [0.1, 0.15) is 4.88 Å². The molecule has 0 aliphatic heterocycles. The van der Waals surface area contributed by atoms with Crippen LogP contribution >= 0.6 is 22.7 Å². The zero-order chi connectivity index (χ0) is 14.9. The SMILES string of the molecule is CNCc1ccc(S(=O)(=O)Nc2ccc3ncsc3c2)s1. The number of nitrogens with zero attached hydrogens (tertiary/aromatic N) is 1. The van der Waals surface area contributed by atoms with E-state index in [0.717, 1.165) is 15.1 Å². The Bertz CT molecular complexity index is 868. The molecule has 3 rings (SSSR count). The summed E-state index contributed by atoms with van der Waals surface area (Å²) in [5.41, 5.74) is 3.16. The number of fused-ring (bicyclic) bond motifs is 1. The van der Waals surface area contributed by atoms with E-state index in [0.29, 0.717) is 16.4 Å². The molecule has 0 spiro atoms. The quantitative estimate of drug-likeness (QED) is 0.750. The predicted molar refractivity (Wildman–Crippen MR) is 87.5 cm³/mol. The van der Waals surface area contributed by atoms with Gasteiger partial charge in [-0.1, -0.05) is 0 Å². The molecule has 2 heterocycles. The van der Waals surface area contributed by atoms with E-state index in [4.69, 9.17) is 0 Å². The molecule has 1 aromatic carbocycles. The third kappa shape index (κ3) is 3.08. The van der Waals surface area contributed by atoms with E-state index < -0.39 is 10.0 Å². The molecule has 2 aromatic heterocycles. The summed E-state index contributed by atoms with van der Waals surface area (Å²) in [7, 11) is -1.71. The smallest absolute Gasteiger partial charge is 0.271 e. The summed E-state index contributed by atoms with van der Waals surface area (Å²) in [6, 6.07) is 8.78. The van der Waals surface area contributed by atoms with Gasteiger partial charge in [0.15, 0.2) is 0 Å². The molecule has 21 heavy (non-hydrogen) atoms. The van der Waals surface area contributed by atoms with Crippen LogP contribution in [0, 0.1) is 0 Å². The number of thiazole rings is 1. The second-order valence-electron chi connectivity index (χ2n) is 4.39. The van der Waals surface area contributed by atoms with Gasteiger partial charge in [-0.3, -0.25) is 4.72 Å². The molecule has 0 saturated heterocycles. The highest BCUT2D eigenvalue weighted by Gasteiger charge is 2.17. The minimum Gasteiger partial charge on any atom is -0.315 e. The molecular weight excluding hydrogens is 326 g/mol. The van der Waals surface area contributed by atoms with Crippen LogP contribution in [-0.2, 0) is 16.6 Å². The maximum atomic E-state index is 12.4. The zero-order valence-electron chi connectivity index (χ0n) is 11.2. The number of rotatable bonds is 5. The molecule has 3 aromatic rings. The molecule has 110 valence electrons. The van der Waals surface area contributed by atoms with Crippen molar-refractivity contribution in [3.63, 3.8) is 0 Å². The Morgan fingerprint density at radius 1 is 1.24 bits per heavy atom. The average Bonchev–Trinajstić information content (AvgIpc) is 3.07. The summed E-state index contributed by atoms with van der Waals surface area (Å²) in [5.74, 6) is 0. The van der Waals surface area contributed by atoms with Crippen molar-refractivity contribution in [3.8, 4) is 0 Å². The first-order valence-electron chi connectivity index (χ1n) is 6.18. The van der Waals surface area contributed by atoms with Gasteiger partial charge in [0.2, 0.25) is 0 Å². The molecule has 0 atom stereocenters. The van der Waals surface area contributed by atoms with Crippen LogP contribution in [0.4, 0.5) is 5.69 Å². The van der Waals surface area contributed by atoms with Crippen molar-refractivity contribution in [2.24, 2.45) is 0 Å². The molecule has 2 N–H and O–H groups in total. The van der Waals surface area contributed by atoms with Crippen molar-refractivity contribution >= 4 is 48.6 Å². The zero-order valence-corrected chi connectivity index (χ0v) is 13.6. The van der Waals surface area contributed by atoms with E-state index in [9.17, 15) is 8.42 Å². The van der Waals surface area contributed by atoms with E-state index in [2.05, 4.69) is 15.0 Å². The normalized spacial score (nSPS) is 11.9. The number of benzene rings is 1. The fourth-order valence-electron chi connectivity index (χ4n) is 1.90. The summed E-state index contributed by atoms with van der Waals surface area (Å²) in [6.07, 6.45) is 0. The number of anilines is 1. The number of nitrogens with one attached hydrogen (secondary N) is 2. The van der Waals surface area contributed by atoms with Gasteiger partial charge in [0.05, 0.1) is 21.4 Å². The van der Waals surface area contributed by atoms with Crippen LogP contribution in [-0.4, -0.2) is 20.4 Å². The first-order valence-corrected chi connectivity index (χ1v) is 9.36. The van der Waals surface area contributed by atoms with Crippen molar-refractivity contribution < 1.29 is 8.42 Å². The van der Waals surface area contributed by atoms with Gasteiger partial charge in [-0.2, -0.15) is 0 Å². The van der Waals surface area contributed by atoms with Crippen LogP contribution in [0.15, 0.2) is 40.1 Å². The largest absolute Gasteiger partial charge is 0.315 e. The number of hydrogen-bond acceptors (Lipinski definition) is 6. The fraction of sp³-hybridized carbons (Fsp3) is 0.154. The van der Waals surface area contributed by atoms with Gasteiger partial charge in [0.1, 0.15) is 4.21 Å². The van der Waals surface area contributed by atoms with E-state index in [1.54, 1.807) is 23.7 Å². The minimum absolute atomic E-state index is 0.317. The summed E-state index contributed by atoms with van der Waals surface area (Å²) in [4.78, 5) is 5.16. The van der Waals surface area contributed by atoms with Crippen molar-refractivity contribution in [1.29, 1.82) is 0 Å². The Labute approximate surface area is 130 Å². The standard InChI is InChI=1S/C13H13N3O2S3/c1-14-7-10-3-5-13(20-10)21(17,18)16-9-2-4-11-12(6-9)19-8-15-11/h2-6,8,14,16H,7H2,1H3. The van der Waals surface area contributed by atoms with Gasteiger partial charge in [-0.05, 0) is 37.4 Å². The van der Waals surface area contributed by atoms with Gasteiger partial charge in [0, 0.05) is 11.4 Å². The molecule has 5 nitrogen and oxygen atoms in total. The first-order chi connectivity index (χ1) is 10.1. The highest BCUT2D eigenvalue weighted by Crippen LogP contribution is 2.26. The second kappa shape index (κ2) is 5.72. The Balaban J connectivity index is 1.87. The lowest BCUT2D eigenvalue weighted by atomic mass is 10.3. The number of hydrogen-bond donors (Lipinski definition) is 2. The lowest BCUT2D eigenvalue weighted by Crippen LogP contribution is -2.11. The van der Waals surface area contributed by atoms with E-state index >= 15 is 0 Å². The summed E-state index contributed by atoms with van der Waals surface area (Å²) in [5, 5.41) is 3.01. The van der Waals surface area contributed by atoms with Gasteiger partial charge in [-0.25, -0.2) is 13.4 Å². The number of thiophene rings is 1. The monoisotopic (exact) mass is 339 g/mol. The second-order valence-corrected chi connectivity index (χ2v) is 8.36. The lowest BCUT2D eigenvalue weighted by Gasteiger charge is -2.06. The Morgan fingerprint density at radius 3 is 2.90 bits per heavy atom. The fourth-order valence-corrected chi connectivity index (χ4v) is 5.03. The Kier molecular flexibility index (Phi) is 3.94. The first kappa shape index (κ1) is 14.5. The predicted octanol–water partition coefficient (Wildman–Crippen LogP) is 2.88. The number of aromatic nitrogens is 1. The van der Waals surface area contributed by atoms with Crippen molar-refractivity contribution in [2.45, 2.75) is 10.8 Å². The van der Waals surface area contributed by atoms with E-state index in [1.807, 2.05) is 19.2 Å². The summed E-state index contributed by atoms with van der Waals surface area (Å²) < 4.78 is 28.6. The van der Waals surface area contributed by atoms with E-state index in [-0.39, 0.29) is 0 Å². The van der Waals surface area contributed by atoms with Gasteiger partial charge in [-0.15, -0.1) is 22.7 Å². The third-order valence-corrected chi connectivity index (χ3v) is 6.59. The maximum absolute atomic E-state index is 12.4. The van der Waals surface area contributed by atoms with Crippen molar-refractivity contribution in [2.75, 3.05) is 11.8 Å². The summed E-state index contributed by atoms with van der Waals surface area (Å²) in [6.45, 7) is 0.660. The highest BCUT2D eigenvalue weighted by atomic mass is 32.2. The average molecular weight is 339 g/mol. The number of sulfonamides is 1. The topological polar surface area (TPSA) is 71.1 Å². The maximum Gasteiger partial charge on any atom is 0.271 e. The molecule has 0 unspecified atom stereocenters. The van der Waals surface area contributed by atoms with Crippen LogP contribution in [0.25, 0.3) is 10.2 Å². The Morgan fingerprint density at radius 2 is 2.10 bits per heavy atom. The van der Waals surface area contributed by atoms with Gasteiger partial charge < -0.3 is 5.32 Å². The highest BCUT2D eigenvalue weighted by molar-refractivity contribution is 7.94. The molecule has 0 aliphatic rings. The lowest BCUT2D eigenvalue weighted by molar-refractivity contribution is 0.603. The molecule has 0 fully saturated rings. The van der Waals surface area contributed by atoms with Gasteiger partial charge in [0.25, 0.3) is 10.0 Å². The van der Waals surface area contributed by atoms with Gasteiger partial charge >= 0.3 is 0 Å². The molecule has 0 aliphatic carbocycles. The van der Waals surface area contributed by atoms with Crippen molar-refractivity contribution in [1.82, 2.24) is 10.3 Å². The molecule has 0 saturated carbocycles. The van der Waals surface area contributed by atoms with Crippen LogP contribution in [0.3, 0.4) is 0 Å². The molecular formula is C13H13N3O2S3. The van der Waals surface area contributed by atoms with Crippen LogP contribution in [0.2, 0.25) is 0 Å². The molecule has 0 bridgehead atoms. The summed E-state index contributed by atoms with van der Waals surface area (Å²) >= 11 is 2.75. The molecule has 0 radical (unpaired) electrons. The van der Waals surface area contributed by atoms with Crippen LogP contribution < -0.4 is 10.0 Å². The van der Waals surface area contributed by atoms with Crippen LogP contribution in [0.5, 0.6) is 0 Å². The van der Waals surface area contributed by atoms with Crippen molar-refractivity contribution in [3.05, 3.63) is 40.7 Å². The molecule has 8 heteroatoms.